The first-order chi connectivity index (χ1) is 13.5. The third-order valence-electron chi connectivity index (χ3n) is 5.02. The van der Waals surface area contributed by atoms with E-state index in [0.29, 0.717) is 62.0 Å². The Bertz CT molecular complexity index is 696. The molecule has 1 spiro atoms. The smallest absolute Gasteiger partial charge is 0.251 e. The second kappa shape index (κ2) is 8.66. The zero-order valence-corrected chi connectivity index (χ0v) is 16.4. The van der Waals surface area contributed by atoms with Gasteiger partial charge in [-0.05, 0) is 12.1 Å². The van der Waals surface area contributed by atoms with Crippen LogP contribution >= 0.6 is 0 Å². The predicted molar refractivity (Wildman–Crippen MR) is 98.9 cm³/mol. The Labute approximate surface area is 163 Å². The van der Waals surface area contributed by atoms with Crippen molar-refractivity contribution in [2.24, 2.45) is 0 Å². The lowest BCUT2D eigenvalue weighted by Gasteiger charge is -2.37. The van der Waals surface area contributed by atoms with Crippen LogP contribution in [0.5, 0.6) is 17.2 Å². The molecule has 2 fully saturated rings. The lowest BCUT2D eigenvalue weighted by molar-refractivity contribution is -0.187. The number of nitrogens with zero attached hydrogens (tertiary/aromatic N) is 1. The quantitative estimate of drug-likeness (QED) is 0.763. The molecule has 2 saturated heterocycles. The fourth-order valence-corrected chi connectivity index (χ4v) is 3.46. The molecule has 1 aromatic rings. The average Bonchev–Trinajstić information content (AvgIpc) is 3.18. The van der Waals surface area contributed by atoms with E-state index in [9.17, 15) is 9.59 Å². The number of nitrogens with one attached hydrogen (secondary N) is 1. The predicted octanol–water partition coefficient (Wildman–Crippen LogP) is 0.808. The van der Waals surface area contributed by atoms with E-state index < -0.39 is 11.7 Å². The Morgan fingerprint density at radius 1 is 1.04 bits per heavy atom. The van der Waals surface area contributed by atoms with Crippen LogP contribution in [0.4, 0.5) is 0 Å². The summed E-state index contributed by atoms with van der Waals surface area (Å²) in [5.41, 5.74) is 0.313. The minimum absolute atomic E-state index is 0.0930. The summed E-state index contributed by atoms with van der Waals surface area (Å²) in [7, 11) is 4.44. The Morgan fingerprint density at radius 2 is 1.61 bits per heavy atom. The van der Waals surface area contributed by atoms with Crippen molar-refractivity contribution >= 4 is 11.8 Å². The first-order valence-electron chi connectivity index (χ1n) is 9.16. The minimum atomic E-state index is -0.532. The molecule has 9 heteroatoms. The molecule has 0 radical (unpaired) electrons. The van der Waals surface area contributed by atoms with Crippen molar-refractivity contribution in [3.8, 4) is 17.2 Å². The van der Waals surface area contributed by atoms with Crippen molar-refractivity contribution < 1.29 is 33.3 Å². The molecular formula is C19H26N2O7. The van der Waals surface area contributed by atoms with Gasteiger partial charge in [0.15, 0.2) is 17.3 Å². The SMILES string of the molecule is COc1cc(C(=O)NCC(=O)N2CCC3(CC2)OCCO3)cc(OC)c1OC. The number of benzene rings is 1. The number of piperidine rings is 1. The largest absolute Gasteiger partial charge is 0.493 e. The number of hydrogen-bond acceptors (Lipinski definition) is 7. The maximum Gasteiger partial charge on any atom is 0.251 e. The molecule has 0 atom stereocenters. The summed E-state index contributed by atoms with van der Waals surface area (Å²) >= 11 is 0. The van der Waals surface area contributed by atoms with Gasteiger partial charge in [-0.2, -0.15) is 0 Å². The van der Waals surface area contributed by atoms with Gasteiger partial charge in [0.05, 0.1) is 41.1 Å². The van der Waals surface area contributed by atoms with Gasteiger partial charge in [-0.1, -0.05) is 0 Å². The molecule has 154 valence electrons. The van der Waals surface area contributed by atoms with Gasteiger partial charge >= 0.3 is 0 Å². The average molecular weight is 394 g/mol. The van der Waals surface area contributed by atoms with Crippen molar-refractivity contribution in [1.29, 1.82) is 0 Å². The van der Waals surface area contributed by atoms with E-state index >= 15 is 0 Å². The van der Waals surface area contributed by atoms with Crippen LogP contribution in [0.2, 0.25) is 0 Å². The minimum Gasteiger partial charge on any atom is -0.493 e. The molecular weight excluding hydrogens is 368 g/mol. The molecule has 0 aromatic heterocycles. The van der Waals surface area contributed by atoms with Crippen LogP contribution in [0.1, 0.15) is 23.2 Å². The van der Waals surface area contributed by atoms with E-state index in [4.69, 9.17) is 23.7 Å². The summed E-state index contributed by atoms with van der Waals surface area (Å²) in [5.74, 6) is 0.0665. The molecule has 28 heavy (non-hydrogen) atoms. The Kier molecular flexibility index (Phi) is 6.25. The number of likely N-dealkylation sites (tertiary alicyclic amines) is 1. The highest BCUT2D eigenvalue weighted by Gasteiger charge is 2.40. The third kappa shape index (κ3) is 4.15. The van der Waals surface area contributed by atoms with Crippen molar-refractivity contribution in [3.63, 3.8) is 0 Å². The normalized spacial score (nSPS) is 18.0. The van der Waals surface area contributed by atoms with Crippen LogP contribution < -0.4 is 19.5 Å². The number of amides is 2. The van der Waals surface area contributed by atoms with Gasteiger partial charge in [0.2, 0.25) is 11.7 Å². The number of hydrogen-bond donors (Lipinski definition) is 1. The van der Waals surface area contributed by atoms with Crippen molar-refractivity contribution in [2.45, 2.75) is 18.6 Å². The Hall–Kier alpha value is -2.52. The second-order valence-electron chi connectivity index (χ2n) is 6.59. The highest BCUT2D eigenvalue weighted by atomic mass is 16.7. The van der Waals surface area contributed by atoms with Gasteiger partial charge in [-0.25, -0.2) is 0 Å². The van der Waals surface area contributed by atoms with Crippen LogP contribution in [0.25, 0.3) is 0 Å². The van der Waals surface area contributed by atoms with E-state index in [0.717, 1.165) is 0 Å². The number of rotatable bonds is 6. The fourth-order valence-electron chi connectivity index (χ4n) is 3.46. The van der Waals surface area contributed by atoms with E-state index in [1.165, 1.54) is 21.3 Å². The van der Waals surface area contributed by atoms with Gasteiger partial charge in [0.1, 0.15) is 0 Å². The molecule has 0 bridgehead atoms. The van der Waals surface area contributed by atoms with Crippen LogP contribution in [0.3, 0.4) is 0 Å². The second-order valence-corrected chi connectivity index (χ2v) is 6.59. The molecule has 0 saturated carbocycles. The lowest BCUT2D eigenvalue weighted by Crippen LogP contribution is -2.49. The zero-order valence-electron chi connectivity index (χ0n) is 16.4. The van der Waals surface area contributed by atoms with E-state index in [2.05, 4.69) is 5.32 Å². The third-order valence-corrected chi connectivity index (χ3v) is 5.02. The van der Waals surface area contributed by atoms with Crippen LogP contribution in [0, 0.1) is 0 Å². The Balaban J connectivity index is 1.57. The van der Waals surface area contributed by atoms with E-state index in [1.807, 2.05) is 0 Å². The molecule has 2 amide bonds. The van der Waals surface area contributed by atoms with Gasteiger partial charge < -0.3 is 33.9 Å². The zero-order chi connectivity index (χ0) is 20.1. The molecule has 1 aromatic carbocycles. The molecule has 2 aliphatic heterocycles. The van der Waals surface area contributed by atoms with Gasteiger partial charge in [0.25, 0.3) is 5.91 Å². The molecule has 3 rings (SSSR count). The van der Waals surface area contributed by atoms with E-state index in [-0.39, 0.29) is 12.5 Å². The monoisotopic (exact) mass is 394 g/mol. The standard InChI is InChI=1S/C19H26N2O7/c1-24-14-10-13(11-15(25-2)17(14)26-3)18(23)20-12-16(22)21-6-4-19(5-7-21)27-8-9-28-19/h10-11H,4-9,12H2,1-3H3,(H,20,23). The lowest BCUT2D eigenvalue weighted by atomic mass is 10.0. The van der Waals surface area contributed by atoms with Gasteiger partial charge in [-0.15, -0.1) is 0 Å². The summed E-state index contributed by atoms with van der Waals surface area (Å²) in [6.07, 6.45) is 1.28. The first kappa shape index (κ1) is 20.2. The van der Waals surface area contributed by atoms with Crippen LogP contribution in [0.15, 0.2) is 12.1 Å². The van der Waals surface area contributed by atoms with Crippen LogP contribution in [-0.2, 0) is 14.3 Å². The number of carbonyl (C=O) groups is 2. The maximum absolute atomic E-state index is 12.5. The van der Waals surface area contributed by atoms with Gasteiger partial charge in [0, 0.05) is 31.5 Å². The summed E-state index contributed by atoms with van der Waals surface area (Å²) in [4.78, 5) is 26.7. The topological polar surface area (TPSA) is 95.6 Å². The van der Waals surface area contributed by atoms with Crippen molar-refractivity contribution in [3.05, 3.63) is 17.7 Å². The maximum atomic E-state index is 12.5. The molecule has 2 heterocycles. The Morgan fingerprint density at radius 3 is 2.11 bits per heavy atom. The number of ether oxygens (including phenoxy) is 5. The first-order valence-corrected chi connectivity index (χ1v) is 9.16. The molecule has 2 aliphatic rings. The van der Waals surface area contributed by atoms with Gasteiger partial charge in [-0.3, -0.25) is 9.59 Å². The molecule has 9 nitrogen and oxygen atoms in total. The molecule has 0 aliphatic carbocycles. The number of methoxy groups -OCH3 is 3. The summed E-state index contributed by atoms with van der Waals surface area (Å²) in [6.45, 7) is 2.18. The van der Waals surface area contributed by atoms with Crippen molar-refractivity contribution in [1.82, 2.24) is 10.2 Å². The highest BCUT2D eigenvalue weighted by molar-refractivity contribution is 5.97. The highest BCUT2D eigenvalue weighted by Crippen LogP contribution is 2.38. The van der Waals surface area contributed by atoms with Crippen molar-refractivity contribution in [2.75, 3.05) is 54.2 Å². The molecule has 1 N–H and O–H groups in total. The van der Waals surface area contributed by atoms with E-state index in [1.54, 1.807) is 17.0 Å². The summed E-state index contributed by atoms with van der Waals surface area (Å²) in [6, 6.07) is 3.08. The summed E-state index contributed by atoms with van der Waals surface area (Å²) < 4.78 is 27.1. The number of carbonyl (C=O) groups excluding carboxylic acids is 2. The summed E-state index contributed by atoms with van der Waals surface area (Å²) in [5, 5.41) is 2.65. The van der Waals surface area contributed by atoms with Crippen LogP contribution in [-0.4, -0.2) is 76.7 Å². The fraction of sp³-hybridized carbons (Fsp3) is 0.579. The molecule has 0 unspecified atom stereocenters.